The molecule has 0 bridgehead atoms. The second kappa shape index (κ2) is 3.88. The lowest BCUT2D eigenvalue weighted by Crippen LogP contribution is -2.33. The first-order chi connectivity index (χ1) is 5.29. The summed E-state index contributed by atoms with van der Waals surface area (Å²) in [6.07, 6.45) is 3.54. The first kappa shape index (κ1) is 8.75. The average molecular weight is 155 g/mol. The molecule has 0 amide bonds. The second-order valence-corrected chi connectivity index (χ2v) is 3.09. The summed E-state index contributed by atoms with van der Waals surface area (Å²) in [7, 11) is 1.79. The molecule has 0 radical (unpaired) electrons. The number of methoxy groups -OCH3 is 1. The van der Waals surface area contributed by atoms with Crippen LogP contribution in [0.15, 0.2) is 12.7 Å². The molecule has 0 spiro atoms. The van der Waals surface area contributed by atoms with Crippen LogP contribution in [0.5, 0.6) is 0 Å². The van der Waals surface area contributed by atoms with Crippen LogP contribution in [0.2, 0.25) is 0 Å². The van der Waals surface area contributed by atoms with Crippen molar-refractivity contribution in [2.45, 2.75) is 25.5 Å². The monoisotopic (exact) mass is 155 g/mol. The highest BCUT2D eigenvalue weighted by Gasteiger charge is 2.29. The van der Waals surface area contributed by atoms with E-state index in [0.29, 0.717) is 12.1 Å². The molecule has 0 saturated carbocycles. The van der Waals surface area contributed by atoms with Crippen molar-refractivity contribution in [1.29, 1.82) is 0 Å². The van der Waals surface area contributed by atoms with Crippen molar-refractivity contribution in [2.24, 2.45) is 0 Å². The van der Waals surface area contributed by atoms with E-state index < -0.39 is 0 Å². The maximum Gasteiger partial charge on any atom is 0.0736 e. The van der Waals surface area contributed by atoms with Crippen LogP contribution in [0.1, 0.15) is 13.3 Å². The third-order valence-corrected chi connectivity index (χ3v) is 2.48. The van der Waals surface area contributed by atoms with Crippen molar-refractivity contribution in [1.82, 2.24) is 4.90 Å². The molecule has 0 aliphatic carbocycles. The molecular weight excluding hydrogens is 138 g/mol. The highest BCUT2D eigenvalue weighted by atomic mass is 16.5. The van der Waals surface area contributed by atoms with E-state index in [2.05, 4.69) is 18.4 Å². The van der Waals surface area contributed by atoms with Gasteiger partial charge in [-0.2, -0.15) is 0 Å². The standard InChI is InChI=1S/C9H17NO/c1-4-6-10-7-5-9(11-3)8(10)2/h4,8-9H,1,5-7H2,2-3H3. The molecule has 64 valence electrons. The Balaban J connectivity index is 2.41. The Bertz CT molecular complexity index is 136. The van der Waals surface area contributed by atoms with E-state index in [9.17, 15) is 0 Å². The molecule has 0 aromatic rings. The summed E-state index contributed by atoms with van der Waals surface area (Å²) in [5.74, 6) is 0. The Kier molecular flexibility index (Phi) is 3.09. The van der Waals surface area contributed by atoms with Crippen LogP contribution in [0, 0.1) is 0 Å². The molecule has 0 N–H and O–H groups in total. The number of hydrogen-bond acceptors (Lipinski definition) is 2. The molecule has 1 saturated heterocycles. The molecule has 2 atom stereocenters. The summed E-state index contributed by atoms with van der Waals surface area (Å²) in [5, 5.41) is 0. The Morgan fingerprint density at radius 3 is 2.91 bits per heavy atom. The molecule has 1 heterocycles. The van der Waals surface area contributed by atoms with Gasteiger partial charge >= 0.3 is 0 Å². The van der Waals surface area contributed by atoms with Crippen molar-refractivity contribution in [3.8, 4) is 0 Å². The van der Waals surface area contributed by atoms with Crippen LogP contribution in [0.3, 0.4) is 0 Å². The maximum atomic E-state index is 5.32. The fourth-order valence-electron chi connectivity index (χ4n) is 1.71. The Hall–Kier alpha value is -0.340. The van der Waals surface area contributed by atoms with Crippen molar-refractivity contribution < 1.29 is 4.74 Å². The minimum absolute atomic E-state index is 0.426. The lowest BCUT2D eigenvalue weighted by molar-refractivity contribution is 0.0758. The van der Waals surface area contributed by atoms with Crippen molar-refractivity contribution in [3.05, 3.63) is 12.7 Å². The second-order valence-electron chi connectivity index (χ2n) is 3.09. The molecule has 2 nitrogen and oxygen atoms in total. The third kappa shape index (κ3) is 1.82. The smallest absolute Gasteiger partial charge is 0.0736 e. The minimum Gasteiger partial charge on any atom is -0.380 e. The predicted molar refractivity (Wildman–Crippen MR) is 46.6 cm³/mol. The van der Waals surface area contributed by atoms with Gasteiger partial charge in [-0.25, -0.2) is 0 Å². The maximum absolute atomic E-state index is 5.32. The number of likely N-dealkylation sites (tertiary alicyclic amines) is 1. The average Bonchev–Trinajstić information content (AvgIpc) is 2.34. The Morgan fingerprint density at radius 2 is 2.45 bits per heavy atom. The van der Waals surface area contributed by atoms with Gasteiger partial charge in [0.05, 0.1) is 6.10 Å². The van der Waals surface area contributed by atoms with Crippen LogP contribution in [-0.2, 0) is 4.74 Å². The van der Waals surface area contributed by atoms with E-state index >= 15 is 0 Å². The molecule has 2 unspecified atom stereocenters. The molecule has 1 fully saturated rings. The molecule has 1 aliphatic rings. The van der Waals surface area contributed by atoms with Crippen molar-refractivity contribution in [3.63, 3.8) is 0 Å². The van der Waals surface area contributed by atoms with Gasteiger partial charge in [-0.3, -0.25) is 4.90 Å². The zero-order chi connectivity index (χ0) is 8.27. The SMILES string of the molecule is C=CCN1CCC(OC)C1C. The first-order valence-corrected chi connectivity index (χ1v) is 4.17. The van der Waals surface area contributed by atoms with Crippen LogP contribution in [0.25, 0.3) is 0 Å². The van der Waals surface area contributed by atoms with Gasteiger partial charge in [-0.1, -0.05) is 6.08 Å². The van der Waals surface area contributed by atoms with E-state index in [0.717, 1.165) is 19.5 Å². The summed E-state index contributed by atoms with van der Waals surface area (Å²) >= 11 is 0. The van der Waals surface area contributed by atoms with Gasteiger partial charge in [-0.05, 0) is 13.3 Å². The van der Waals surface area contributed by atoms with Crippen LogP contribution >= 0.6 is 0 Å². The van der Waals surface area contributed by atoms with Gasteiger partial charge in [0.2, 0.25) is 0 Å². The van der Waals surface area contributed by atoms with Gasteiger partial charge in [0.25, 0.3) is 0 Å². The molecule has 0 aromatic carbocycles. The van der Waals surface area contributed by atoms with E-state index in [-0.39, 0.29) is 0 Å². The van der Waals surface area contributed by atoms with Gasteiger partial charge in [0, 0.05) is 26.2 Å². The number of ether oxygens (including phenoxy) is 1. The highest BCUT2D eigenvalue weighted by molar-refractivity contribution is 4.88. The van der Waals surface area contributed by atoms with Gasteiger partial charge < -0.3 is 4.74 Å². The van der Waals surface area contributed by atoms with Crippen molar-refractivity contribution in [2.75, 3.05) is 20.2 Å². The molecule has 1 rings (SSSR count). The molecular formula is C9H17NO. The van der Waals surface area contributed by atoms with E-state index in [1.54, 1.807) is 7.11 Å². The Labute approximate surface area is 68.8 Å². The lowest BCUT2D eigenvalue weighted by atomic mass is 10.2. The first-order valence-electron chi connectivity index (χ1n) is 4.17. The topological polar surface area (TPSA) is 12.5 Å². The lowest BCUT2D eigenvalue weighted by Gasteiger charge is -2.21. The predicted octanol–water partition coefficient (Wildman–Crippen LogP) is 1.28. The highest BCUT2D eigenvalue weighted by Crippen LogP contribution is 2.19. The van der Waals surface area contributed by atoms with E-state index in [1.165, 1.54) is 0 Å². The third-order valence-electron chi connectivity index (χ3n) is 2.48. The van der Waals surface area contributed by atoms with Crippen LogP contribution in [-0.4, -0.2) is 37.2 Å². The van der Waals surface area contributed by atoms with E-state index in [1.807, 2.05) is 6.08 Å². The normalized spacial score (nSPS) is 32.5. The fourth-order valence-corrected chi connectivity index (χ4v) is 1.71. The minimum atomic E-state index is 0.426. The quantitative estimate of drug-likeness (QED) is 0.569. The van der Waals surface area contributed by atoms with Crippen molar-refractivity contribution >= 4 is 0 Å². The Morgan fingerprint density at radius 1 is 1.73 bits per heavy atom. The van der Waals surface area contributed by atoms with Gasteiger partial charge in [0.15, 0.2) is 0 Å². The van der Waals surface area contributed by atoms with Crippen LogP contribution < -0.4 is 0 Å². The zero-order valence-corrected chi connectivity index (χ0v) is 7.42. The summed E-state index contributed by atoms with van der Waals surface area (Å²) in [4.78, 5) is 2.39. The van der Waals surface area contributed by atoms with Gasteiger partial charge in [0.1, 0.15) is 0 Å². The van der Waals surface area contributed by atoms with E-state index in [4.69, 9.17) is 4.74 Å². The largest absolute Gasteiger partial charge is 0.380 e. The number of hydrogen-bond donors (Lipinski definition) is 0. The summed E-state index contributed by atoms with van der Waals surface area (Å²) < 4.78 is 5.32. The summed E-state index contributed by atoms with van der Waals surface area (Å²) in [6.45, 7) is 8.07. The zero-order valence-electron chi connectivity index (χ0n) is 7.42. The molecule has 1 aliphatic heterocycles. The molecule has 0 aromatic heterocycles. The fraction of sp³-hybridized carbons (Fsp3) is 0.778. The number of nitrogens with zero attached hydrogens (tertiary/aromatic N) is 1. The van der Waals surface area contributed by atoms with Crippen LogP contribution in [0.4, 0.5) is 0 Å². The molecule has 2 heteroatoms. The molecule has 11 heavy (non-hydrogen) atoms. The van der Waals surface area contributed by atoms with Gasteiger partial charge in [-0.15, -0.1) is 6.58 Å². The summed E-state index contributed by atoms with van der Waals surface area (Å²) in [5.41, 5.74) is 0. The number of rotatable bonds is 3. The summed E-state index contributed by atoms with van der Waals surface area (Å²) in [6, 6.07) is 0.554.